The van der Waals surface area contributed by atoms with E-state index in [2.05, 4.69) is 26.4 Å². The Morgan fingerprint density at radius 1 is 1.30 bits per heavy atom. The molecule has 33 heavy (non-hydrogen) atoms. The fraction of sp³-hybridized carbons (Fsp3) is 0.435. The monoisotopic (exact) mass is 469 g/mol. The molecular weight excluding hydrogens is 442 g/mol. The lowest BCUT2D eigenvalue weighted by atomic mass is 9.99. The molecule has 3 heterocycles. The Balaban J connectivity index is 1.44. The van der Waals surface area contributed by atoms with E-state index in [0.29, 0.717) is 27.9 Å². The van der Waals surface area contributed by atoms with E-state index in [4.69, 9.17) is 21.3 Å². The molecule has 2 aromatic rings. The number of benzene rings is 1. The van der Waals surface area contributed by atoms with Crippen molar-refractivity contribution in [1.82, 2.24) is 25.7 Å². The van der Waals surface area contributed by atoms with Crippen molar-refractivity contribution in [2.45, 2.75) is 57.5 Å². The van der Waals surface area contributed by atoms with E-state index in [-0.39, 0.29) is 11.9 Å². The van der Waals surface area contributed by atoms with Crippen molar-refractivity contribution >= 4 is 29.2 Å². The van der Waals surface area contributed by atoms with E-state index in [1.807, 2.05) is 38.1 Å². The van der Waals surface area contributed by atoms with Crippen LogP contribution < -0.4 is 26.0 Å². The SMILES string of the molecule is CC1=C(C(=O)NC2CCCC2)C(c2nn(C)cc2Cl)N=C(NC2(C)Nc3ccccc3O2)N1. The standard InChI is InChI=1S/C23H28ClN7O2/c1-13-18(21(32)26-14-8-4-5-9-14)20(19-15(24)12-31(3)30-19)27-22(25-13)29-23(2)28-16-10-6-7-11-17(16)33-23/h6-7,10-12,14,20,28H,4-5,8-9H2,1-3H3,(H,26,32)(H2,25,27,29). The summed E-state index contributed by atoms with van der Waals surface area (Å²) in [7, 11) is 1.79. The van der Waals surface area contributed by atoms with Gasteiger partial charge in [-0.05, 0) is 31.9 Å². The molecule has 0 bridgehead atoms. The number of nitrogens with one attached hydrogen (secondary N) is 4. The number of ether oxygens (including phenoxy) is 1. The molecule has 1 fully saturated rings. The molecule has 4 N–H and O–H groups in total. The van der Waals surface area contributed by atoms with Gasteiger partial charge in [-0.2, -0.15) is 5.10 Å². The lowest BCUT2D eigenvalue weighted by molar-refractivity contribution is -0.118. The van der Waals surface area contributed by atoms with Crippen molar-refractivity contribution in [1.29, 1.82) is 0 Å². The largest absolute Gasteiger partial charge is 0.448 e. The zero-order valence-corrected chi connectivity index (χ0v) is 19.7. The third kappa shape index (κ3) is 4.25. The van der Waals surface area contributed by atoms with Crippen molar-refractivity contribution in [3.63, 3.8) is 0 Å². The Bertz CT molecular complexity index is 1120. The number of halogens is 1. The number of aliphatic imine (C=N–C) groups is 1. The summed E-state index contributed by atoms with van der Waals surface area (Å²) in [5.74, 6) is 0.143. The molecule has 0 saturated heterocycles. The van der Waals surface area contributed by atoms with E-state index >= 15 is 0 Å². The third-order valence-electron chi connectivity index (χ3n) is 6.18. The smallest absolute Gasteiger partial charge is 0.258 e. The van der Waals surface area contributed by atoms with Gasteiger partial charge < -0.3 is 26.0 Å². The average molecular weight is 470 g/mol. The Labute approximate surface area is 197 Å². The van der Waals surface area contributed by atoms with Gasteiger partial charge in [0.15, 0.2) is 0 Å². The number of nitrogens with zero attached hydrogens (tertiary/aromatic N) is 3. The first kappa shape index (κ1) is 21.6. The number of amides is 1. The van der Waals surface area contributed by atoms with Gasteiger partial charge in [-0.3, -0.25) is 9.48 Å². The first-order chi connectivity index (χ1) is 15.8. The molecule has 1 aromatic heterocycles. The summed E-state index contributed by atoms with van der Waals surface area (Å²) in [6, 6.07) is 7.25. The Hall–Kier alpha value is -3.20. The van der Waals surface area contributed by atoms with Crippen LogP contribution in [0.25, 0.3) is 0 Å². The maximum Gasteiger partial charge on any atom is 0.258 e. The quantitative estimate of drug-likeness (QED) is 0.548. The second-order valence-corrected chi connectivity index (χ2v) is 9.32. The summed E-state index contributed by atoms with van der Waals surface area (Å²) >= 11 is 6.49. The average Bonchev–Trinajstić information content (AvgIpc) is 3.45. The highest BCUT2D eigenvalue weighted by atomic mass is 35.5. The number of allylic oxidation sites excluding steroid dienone is 1. The number of hydrogen-bond acceptors (Lipinski definition) is 7. The minimum Gasteiger partial charge on any atom is -0.448 e. The Morgan fingerprint density at radius 2 is 2.06 bits per heavy atom. The van der Waals surface area contributed by atoms with Crippen molar-refractivity contribution in [3.05, 3.63) is 52.4 Å². The van der Waals surface area contributed by atoms with Crippen LogP contribution in [0.2, 0.25) is 5.02 Å². The number of aromatic nitrogens is 2. The Morgan fingerprint density at radius 3 is 2.76 bits per heavy atom. The van der Waals surface area contributed by atoms with Crippen molar-refractivity contribution in [3.8, 4) is 5.75 Å². The predicted octanol–water partition coefficient (Wildman–Crippen LogP) is 3.17. The van der Waals surface area contributed by atoms with Gasteiger partial charge in [0, 0.05) is 31.9 Å². The summed E-state index contributed by atoms with van der Waals surface area (Å²) in [6.45, 7) is 3.74. The van der Waals surface area contributed by atoms with Crippen LogP contribution in [0.15, 0.2) is 46.7 Å². The molecule has 174 valence electrons. The van der Waals surface area contributed by atoms with Gasteiger partial charge in [-0.1, -0.05) is 36.6 Å². The molecule has 2 aliphatic heterocycles. The number of anilines is 1. The minimum absolute atomic E-state index is 0.143. The molecular formula is C23H28ClN7O2. The molecule has 1 amide bonds. The molecule has 10 heteroatoms. The van der Waals surface area contributed by atoms with Gasteiger partial charge in [0.1, 0.15) is 17.5 Å². The third-order valence-corrected chi connectivity index (χ3v) is 6.47. The summed E-state index contributed by atoms with van der Waals surface area (Å²) in [6.07, 6.45) is 5.98. The van der Waals surface area contributed by atoms with Gasteiger partial charge in [0.2, 0.25) is 5.96 Å². The summed E-state index contributed by atoms with van der Waals surface area (Å²) in [5, 5.41) is 18.0. The molecule has 0 spiro atoms. The molecule has 5 rings (SSSR count). The van der Waals surface area contributed by atoms with Crippen LogP contribution in [0.3, 0.4) is 0 Å². The number of aryl methyl sites for hydroxylation is 1. The van der Waals surface area contributed by atoms with E-state index in [1.165, 1.54) is 0 Å². The first-order valence-electron chi connectivity index (χ1n) is 11.2. The molecule has 1 aromatic carbocycles. The lowest BCUT2D eigenvalue weighted by Gasteiger charge is -2.32. The van der Waals surface area contributed by atoms with Crippen molar-refractivity contribution < 1.29 is 9.53 Å². The maximum atomic E-state index is 13.3. The van der Waals surface area contributed by atoms with Crippen LogP contribution >= 0.6 is 11.6 Å². The molecule has 2 atom stereocenters. The fourth-order valence-electron chi connectivity index (χ4n) is 4.67. The second kappa shape index (κ2) is 8.30. The highest BCUT2D eigenvalue weighted by molar-refractivity contribution is 6.31. The number of guanidine groups is 1. The number of para-hydroxylation sites is 2. The summed E-state index contributed by atoms with van der Waals surface area (Å²) in [4.78, 5) is 18.1. The van der Waals surface area contributed by atoms with Gasteiger partial charge in [0.25, 0.3) is 11.8 Å². The maximum absolute atomic E-state index is 13.3. The van der Waals surface area contributed by atoms with E-state index in [1.54, 1.807) is 17.9 Å². The van der Waals surface area contributed by atoms with E-state index in [9.17, 15) is 4.79 Å². The van der Waals surface area contributed by atoms with Crippen LogP contribution in [0.4, 0.5) is 5.69 Å². The lowest BCUT2D eigenvalue weighted by Crippen LogP contribution is -2.58. The molecule has 0 radical (unpaired) electrons. The van der Waals surface area contributed by atoms with Gasteiger partial charge in [0.05, 0.1) is 16.3 Å². The van der Waals surface area contributed by atoms with E-state index < -0.39 is 11.9 Å². The van der Waals surface area contributed by atoms with Gasteiger partial charge in [-0.25, -0.2) is 4.99 Å². The Kier molecular flexibility index (Phi) is 5.44. The topological polar surface area (TPSA) is 105 Å². The normalized spacial score (nSPS) is 24.5. The van der Waals surface area contributed by atoms with Crippen LogP contribution in [-0.2, 0) is 11.8 Å². The van der Waals surface area contributed by atoms with Crippen LogP contribution in [0, 0.1) is 0 Å². The second-order valence-electron chi connectivity index (χ2n) is 8.92. The predicted molar refractivity (Wildman–Crippen MR) is 127 cm³/mol. The molecule has 2 unspecified atom stereocenters. The zero-order chi connectivity index (χ0) is 23.2. The fourth-order valence-corrected chi connectivity index (χ4v) is 4.95. The molecule has 9 nitrogen and oxygen atoms in total. The van der Waals surface area contributed by atoms with Gasteiger partial charge in [-0.15, -0.1) is 0 Å². The number of rotatable bonds is 4. The summed E-state index contributed by atoms with van der Waals surface area (Å²) < 4.78 is 7.71. The number of hydrogen-bond donors (Lipinski definition) is 4. The molecule has 3 aliphatic rings. The highest BCUT2D eigenvalue weighted by Crippen LogP contribution is 2.37. The highest BCUT2D eigenvalue weighted by Gasteiger charge is 2.38. The number of carbonyl (C=O) groups is 1. The first-order valence-corrected chi connectivity index (χ1v) is 11.6. The number of carbonyl (C=O) groups excluding carboxylic acids is 1. The van der Waals surface area contributed by atoms with E-state index in [0.717, 1.165) is 37.1 Å². The zero-order valence-electron chi connectivity index (χ0n) is 18.9. The minimum atomic E-state index is -0.919. The molecule has 1 saturated carbocycles. The van der Waals surface area contributed by atoms with Crippen molar-refractivity contribution in [2.75, 3.05) is 5.32 Å². The van der Waals surface area contributed by atoms with Crippen LogP contribution in [-0.4, -0.2) is 33.5 Å². The van der Waals surface area contributed by atoms with Gasteiger partial charge >= 0.3 is 0 Å². The van der Waals surface area contributed by atoms with Crippen LogP contribution in [0.1, 0.15) is 51.3 Å². The number of fused-ring (bicyclic) bond motifs is 1. The van der Waals surface area contributed by atoms with Crippen LogP contribution in [0.5, 0.6) is 5.75 Å². The summed E-state index contributed by atoms with van der Waals surface area (Å²) in [5.41, 5.74) is 2.62. The molecule has 1 aliphatic carbocycles. The van der Waals surface area contributed by atoms with Crippen molar-refractivity contribution in [2.24, 2.45) is 12.0 Å².